The normalized spacial score (nSPS) is 12.0. The fourth-order valence-corrected chi connectivity index (χ4v) is 2.76. The number of rotatable bonds is 6. The van der Waals surface area contributed by atoms with E-state index in [4.69, 9.17) is 0 Å². The number of amides is 1. The summed E-state index contributed by atoms with van der Waals surface area (Å²) in [7, 11) is 3.60. The van der Waals surface area contributed by atoms with Crippen molar-refractivity contribution in [1.82, 2.24) is 15.5 Å². The van der Waals surface area contributed by atoms with Gasteiger partial charge in [-0.05, 0) is 51.3 Å². The maximum atomic E-state index is 12.0. The Balaban J connectivity index is 2.37. The number of nitrogens with zero attached hydrogens (tertiary/aromatic N) is 2. The summed E-state index contributed by atoms with van der Waals surface area (Å²) >= 11 is 3.49. The minimum Gasteiger partial charge on any atom is -0.356 e. The van der Waals surface area contributed by atoms with Crippen LogP contribution in [0.15, 0.2) is 33.7 Å². The van der Waals surface area contributed by atoms with E-state index in [0.29, 0.717) is 0 Å². The van der Waals surface area contributed by atoms with E-state index in [9.17, 15) is 4.79 Å². The van der Waals surface area contributed by atoms with Crippen LogP contribution in [-0.2, 0) is 11.2 Å². The van der Waals surface area contributed by atoms with Gasteiger partial charge in [0.1, 0.15) is 0 Å². The van der Waals surface area contributed by atoms with Crippen LogP contribution in [0, 0.1) is 0 Å². The Kier molecular flexibility index (Phi) is 8.25. The summed E-state index contributed by atoms with van der Waals surface area (Å²) < 4.78 is 1.10. The smallest absolute Gasteiger partial charge is 0.240 e. The van der Waals surface area contributed by atoms with Gasteiger partial charge >= 0.3 is 0 Å². The maximum absolute atomic E-state index is 12.0. The molecule has 0 bridgehead atoms. The first-order valence-corrected chi connectivity index (χ1v) is 8.98. The summed E-state index contributed by atoms with van der Waals surface area (Å²) in [6.45, 7) is 7.01. The van der Waals surface area contributed by atoms with E-state index < -0.39 is 0 Å². The highest BCUT2D eigenvalue weighted by atomic mass is 79.9. The zero-order valence-corrected chi connectivity index (χ0v) is 16.9. The van der Waals surface area contributed by atoms with Gasteiger partial charge in [-0.2, -0.15) is 0 Å². The first-order chi connectivity index (χ1) is 11.2. The molecule has 1 aromatic carbocycles. The maximum Gasteiger partial charge on any atom is 0.240 e. The Labute approximate surface area is 154 Å². The predicted octanol–water partition coefficient (Wildman–Crippen LogP) is 2.80. The number of guanidine groups is 1. The van der Waals surface area contributed by atoms with Crippen LogP contribution in [0.1, 0.15) is 32.8 Å². The Morgan fingerprint density at radius 1 is 1.33 bits per heavy atom. The molecule has 5 nitrogen and oxygen atoms in total. The number of hydrogen-bond donors (Lipinski definition) is 2. The number of aryl methyl sites for hydroxylation is 1. The van der Waals surface area contributed by atoms with Crippen molar-refractivity contribution >= 4 is 27.8 Å². The molecule has 0 aliphatic heterocycles. The summed E-state index contributed by atoms with van der Waals surface area (Å²) in [5.41, 5.74) is 1.08. The number of aliphatic imine (C=N–C) groups is 1. The highest BCUT2D eigenvalue weighted by molar-refractivity contribution is 9.10. The van der Waals surface area contributed by atoms with Crippen LogP contribution < -0.4 is 10.6 Å². The van der Waals surface area contributed by atoms with Crippen LogP contribution >= 0.6 is 15.9 Å². The average molecular weight is 397 g/mol. The third-order valence-corrected chi connectivity index (χ3v) is 3.78. The van der Waals surface area contributed by atoms with Gasteiger partial charge in [-0.1, -0.05) is 28.1 Å². The number of carbonyl (C=O) groups excluding carboxylic acids is 1. The highest BCUT2D eigenvalue weighted by Gasteiger charge is 2.16. The van der Waals surface area contributed by atoms with E-state index in [0.717, 1.165) is 29.8 Å². The molecular formula is C18H29BrN4O. The molecule has 0 heterocycles. The van der Waals surface area contributed by atoms with Gasteiger partial charge in [-0.15, -0.1) is 0 Å². The van der Waals surface area contributed by atoms with Crippen molar-refractivity contribution in [1.29, 1.82) is 0 Å². The molecule has 1 amide bonds. The van der Waals surface area contributed by atoms with E-state index in [2.05, 4.69) is 43.7 Å². The number of halogens is 1. The molecule has 0 saturated heterocycles. The third kappa shape index (κ3) is 8.34. The van der Waals surface area contributed by atoms with Crippen molar-refractivity contribution < 1.29 is 4.79 Å². The van der Waals surface area contributed by atoms with Gasteiger partial charge in [-0.3, -0.25) is 9.79 Å². The quantitative estimate of drug-likeness (QED) is 0.441. The molecule has 2 N–H and O–H groups in total. The lowest BCUT2D eigenvalue weighted by atomic mass is 10.1. The molecule has 0 spiro atoms. The molecule has 0 aromatic heterocycles. The molecule has 1 rings (SSSR count). The van der Waals surface area contributed by atoms with Crippen molar-refractivity contribution in [2.45, 2.75) is 39.2 Å². The van der Waals surface area contributed by atoms with Crippen molar-refractivity contribution in [2.24, 2.45) is 4.99 Å². The molecule has 134 valence electrons. The standard InChI is InChI=1S/C18H29BrN4O/c1-18(2,3)22-16(24)13-23(5)17(20-4)21-11-7-9-14-8-6-10-15(19)12-14/h6,8,10,12H,7,9,11,13H2,1-5H3,(H,20,21)(H,22,24). The lowest BCUT2D eigenvalue weighted by Crippen LogP contribution is -2.48. The molecule has 0 aliphatic carbocycles. The summed E-state index contributed by atoms with van der Waals surface area (Å²) in [5, 5.41) is 6.26. The second-order valence-electron chi connectivity index (χ2n) is 6.86. The van der Waals surface area contributed by atoms with Crippen molar-refractivity contribution in [3.63, 3.8) is 0 Å². The van der Waals surface area contributed by atoms with E-state index in [1.165, 1.54) is 5.56 Å². The van der Waals surface area contributed by atoms with Gasteiger partial charge in [0.25, 0.3) is 0 Å². The SMILES string of the molecule is CN=C(NCCCc1cccc(Br)c1)N(C)CC(=O)NC(C)(C)C. The Morgan fingerprint density at radius 3 is 2.62 bits per heavy atom. The lowest BCUT2D eigenvalue weighted by molar-refractivity contribution is -0.122. The molecule has 24 heavy (non-hydrogen) atoms. The Morgan fingerprint density at radius 2 is 2.04 bits per heavy atom. The Hall–Kier alpha value is -1.56. The molecule has 0 radical (unpaired) electrons. The van der Waals surface area contributed by atoms with Gasteiger partial charge in [0, 0.05) is 30.7 Å². The van der Waals surface area contributed by atoms with Gasteiger partial charge in [0.15, 0.2) is 5.96 Å². The van der Waals surface area contributed by atoms with Crippen LogP contribution in [0.3, 0.4) is 0 Å². The fraction of sp³-hybridized carbons (Fsp3) is 0.556. The molecule has 0 aliphatic rings. The molecule has 0 fully saturated rings. The van der Waals surface area contributed by atoms with Crippen LogP contribution in [-0.4, -0.2) is 49.5 Å². The van der Waals surface area contributed by atoms with E-state index in [-0.39, 0.29) is 18.0 Å². The molecule has 1 aromatic rings. The summed E-state index contributed by atoms with van der Waals surface area (Å²) in [6.07, 6.45) is 2.00. The number of nitrogens with one attached hydrogen (secondary N) is 2. The summed E-state index contributed by atoms with van der Waals surface area (Å²) in [4.78, 5) is 18.1. The number of hydrogen-bond acceptors (Lipinski definition) is 2. The second-order valence-corrected chi connectivity index (χ2v) is 7.78. The van der Waals surface area contributed by atoms with Gasteiger partial charge in [-0.25, -0.2) is 0 Å². The molecular weight excluding hydrogens is 368 g/mol. The predicted molar refractivity (Wildman–Crippen MR) is 104 cm³/mol. The van der Waals surface area contributed by atoms with Crippen LogP contribution in [0.5, 0.6) is 0 Å². The van der Waals surface area contributed by atoms with E-state index in [1.54, 1.807) is 7.05 Å². The number of benzene rings is 1. The summed E-state index contributed by atoms with van der Waals surface area (Å²) in [5.74, 6) is 0.718. The zero-order chi connectivity index (χ0) is 18.2. The van der Waals surface area contributed by atoms with Gasteiger partial charge in [0.2, 0.25) is 5.91 Å². The lowest BCUT2D eigenvalue weighted by Gasteiger charge is -2.25. The number of likely N-dealkylation sites (N-methyl/N-ethyl adjacent to an activating group) is 1. The monoisotopic (exact) mass is 396 g/mol. The van der Waals surface area contributed by atoms with Crippen LogP contribution in [0.25, 0.3) is 0 Å². The Bertz CT molecular complexity index is 566. The van der Waals surface area contributed by atoms with Crippen LogP contribution in [0.2, 0.25) is 0 Å². The second kappa shape index (κ2) is 9.67. The largest absolute Gasteiger partial charge is 0.356 e. The topological polar surface area (TPSA) is 56.7 Å². The fourth-order valence-electron chi connectivity index (χ4n) is 2.32. The van der Waals surface area contributed by atoms with Crippen molar-refractivity contribution in [3.8, 4) is 0 Å². The van der Waals surface area contributed by atoms with E-state index >= 15 is 0 Å². The molecule has 6 heteroatoms. The molecule has 0 saturated carbocycles. The first-order valence-electron chi connectivity index (χ1n) is 8.18. The minimum atomic E-state index is -0.223. The minimum absolute atomic E-state index is 0.0120. The van der Waals surface area contributed by atoms with E-state index in [1.807, 2.05) is 44.9 Å². The first kappa shape index (κ1) is 20.5. The summed E-state index contributed by atoms with van der Waals surface area (Å²) in [6, 6.07) is 8.34. The van der Waals surface area contributed by atoms with Crippen molar-refractivity contribution in [3.05, 3.63) is 34.3 Å². The zero-order valence-electron chi connectivity index (χ0n) is 15.3. The van der Waals surface area contributed by atoms with Gasteiger partial charge in [0.05, 0.1) is 6.54 Å². The number of carbonyl (C=O) groups is 1. The average Bonchev–Trinajstić information content (AvgIpc) is 2.45. The molecule has 0 atom stereocenters. The van der Waals surface area contributed by atoms with Gasteiger partial charge < -0.3 is 15.5 Å². The van der Waals surface area contributed by atoms with Crippen LogP contribution in [0.4, 0.5) is 0 Å². The highest BCUT2D eigenvalue weighted by Crippen LogP contribution is 2.12. The molecule has 0 unspecified atom stereocenters. The third-order valence-electron chi connectivity index (χ3n) is 3.28. The van der Waals surface area contributed by atoms with Crippen molar-refractivity contribution in [2.75, 3.05) is 27.2 Å².